The molecule has 0 unspecified atom stereocenters. The fourth-order valence-corrected chi connectivity index (χ4v) is 10.3. The molecule has 54 heavy (non-hydrogen) atoms. The van der Waals surface area contributed by atoms with Crippen LogP contribution in [0.4, 0.5) is 17.1 Å². The fourth-order valence-electron chi connectivity index (χ4n) is 8.04. The first-order valence-electron chi connectivity index (χ1n) is 18.8. The van der Waals surface area contributed by atoms with Gasteiger partial charge in [0.05, 0.1) is 21.5 Å². The predicted octanol–water partition coefficient (Wildman–Crippen LogP) is 16.1. The lowest BCUT2D eigenvalue weighted by Crippen LogP contribution is -2.11. The van der Waals surface area contributed by atoms with Crippen molar-refractivity contribution in [3.63, 3.8) is 0 Å². The molecule has 3 heterocycles. The van der Waals surface area contributed by atoms with E-state index in [0.29, 0.717) is 0 Å². The normalized spacial score (nSPS) is 12.6. The molecule has 0 atom stereocenters. The Kier molecular flexibility index (Phi) is 7.40. The SMILES string of the molecule is CC(C)(C)c1ccc2sc3c(cc(N(c4ccc(-c5ccccc5)cc4)c4cccc5sc6ccccc6c45)c4c5cc(C(C)(C)C)ccc5oc34)c2c1. The van der Waals surface area contributed by atoms with Gasteiger partial charge >= 0.3 is 0 Å². The standard InChI is InChI=1S/C50H41NOS2/c1-49(2,3)32-21-25-41-38(28-32)46-40(29-37-36-27-33(50(4,5)6)22-26-43(36)54-48(37)47(46)52-41)51(34-23-19-31(20-24-34)30-13-8-7-9-14-30)39-16-12-18-44-45(39)35-15-10-11-17-42(35)53-44/h7-29H,1-6H3. The number of rotatable bonds is 4. The molecule has 10 aromatic rings. The highest BCUT2D eigenvalue weighted by atomic mass is 32.1. The minimum atomic E-state index is -0.0167. The number of fused-ring (bicyclic) bond motifs is 10. The number of nitrogens with zero attached hydrogens (tertiary/aromatic N) is 1. The van der Waals surface area contributed by atoms with Gasteiger partial charge in [-0.3, -0.25) is 0 Å². The van der Waals surface area contributed by atoms with Crippen LogP contribution in [0.5, 0.6) is 0 Å². The number of hydrogen-bond acceptors (Lipinski definition) is 4. The third-order valence-electron chi connectivity index (χ3n) is 11.0. The smallest absolute Gasteiger partial charge is 0.155 e. The largest absolute Gasteiger partial charge is 0.454 e. The molecule has 3 aromatic heterocycles. The lowest BCUT2D eigenvalue weighted by molar-refractivity contribution is 0.590. The van der Waals surface area contributed by atoms with Gasteiger partial charge in [-0.15, -0.1) is 22.7 Å². The highest BCUT2D eigenvalue weighted by Crippen LogP contribution is 2.52. The van der Waals surface area contributed by atoms with Crippen LogP contribution in [0, 0.1) is 0 Å². The van der Waals surface area contributed by atoms with E-state index in [1.807, 2.05) is 22.7 Å². The molecule has 2 nitrogen and oxygen atoms in total. The number of anilines is 3. The molecule has 7 aromatic carbocycles. The Morgan fingerprint density at radius 2 is 1.11 bits per heavy atom. The average Bonchev–Trinajstić information content (AvgIpc) is 3.86. The van der Waals surface area contributed by atoms with Crippen molar-refractivity contribution in [2.45, 2.75) is 52.4 Å². The van der Waals surface area contributed by atoms with Crippen molar-refractivity contribution in [1.82, 2.24) is 0 Å². The summed E-state index contributed by atoms with van der Waals surface area (Å²) >= 11 is 3.70. The molecule has 10 rings (SSSR count). The molecule has 0 spiro atoms. The van der Waals surface area contributed by atoms with Crippen LogP contribution in [-0.4, -0.2) is 0 Å². The van der Waals surface area contributed by atoms with Gasteiger partial charge in [0, 0.05) is 46.7 Å². The Bertz CT molecular complexity index is 3060. The van der Waals surface area contributed by atoms with Crippen molar-refractivity contribution >= 4 is 102 Å². The van der Waals surface area contributed by atoms with E-state index in [1.54, 1.807) is 0 Å². The molecule has 0 aliphatic rings. The molecule has 0 fully saturated rings. The average molecular weight is 736 g/mol. The second kappa shape index (κ2) is 12.0. The van der Waals surface area contributed by atoms with Crippen molar-refractivity contribution in [2.24, 2.45) is 0 Å². The summed E-state index contributed by atoms with van der Waals surface area (Å²) in [6.07, 6.45) is 0. The molecule has 0 radical (unpaired) electrons. The van der Waals surface area contributed by atoms with Crippen LogP contribution >= 0.6 is 22.7 Å². The summed E-state index contributed by atoms with van der Waals surface area (Å²) in [6, 6.07) is 51.6. The highest BCUT2D eigenvalue weighted by Gasteiger charge is 2.27. The Hall–Kier alpha value is -5.42. The number of thiophene rings is 2. The topological polar surface area (TPSA) is 16.4 Å². The lowest BCUT2D eigenvalue weighted by Gasteiger charge is -2.28. The van der Waals surface area contributed by atoms with Gasteiger partial charge in [0.25, 0.3) is 0 Å². The van der Waals surface area contributed by atoms with E-state index in [4.69, 9.17) is 4.42 Å². The molecule has 0 aliphatic heterocycles. The van der Waals surface area contributed by atoms with E-state index in [1.165, 1.54) is 62.6 Å². The second-order valence-corrected chi connectivity index (χ2v) is 18.7. The van der Waals surface area contributed by atoms with Gasteiger partial charge in [0.1, 0.15) is 5.58 Å². The first-order chi connectivity index (χ1) is 26.0. The van der Waals surface area contributed by atoms with Gasteiger partial charge < -0.3 is 9.32 Å². The van der Waals surface area contributed by atoms with Gasteiger partial charge in [0.2, 0.25) is 0 Å². The van der Waals surface area contributed by atoms with Crippen LogP contribution in [-0.2, 0) is 10.8 Å². The maximum atomic E-state index is 7.03. The summed E-state index contributed by atoms with van der Waals surface area (Å²) in [6.45, 7) is 13.8. The third kappa shape index (κ3) is 5.26. The van der Waals surface area contributed by atoms with Gasteiger partial charge in [-0.05, 0) is 93.7 Å². The van der Waals surface area contributed by atoms with Crippen molar-refractivity contribution < 1.29 is 4.42 Å². The van der Waals surface area contributed by atoms with Crippen molar-refractivity contribution in [2.75, 3.05) is 4.90 Å². The number of furan rings is 1. The van der Waals surface area contributed by atoms with Crippen molar-refractivity contribution in [3.05, 3.63) is 151 Å². The fraction of sp³-hybridized carbons (Fsp3) is 0.160. The Labute approximate surface area is 323 Å². The summed E-state index contributed by atoms with van der Waals surface area (Å²) in [7, 11) is 0. The monoisotopic (exact) mass is 735 g/mol. The molecule has 0 aliphatic carbocycles. The molecular formula is C50H41NOS2. The zero-order valence-electron chi connectivity index (χ0n) is 31.5. The zero-order chi connectivity index (χ0) is 36.9. The molecule has 264 valence electrons. The summed E-state index contributed by atoms with van der Waals surface area (Å²) in [5, 5.41) is 7.35. The van der Waals surface area contributed by atoms with Crippen LogP contribution in [0.2, 0.25) is 0 Å². The molecule has 4 heteroatoms. The summed E-state index contributed by atoms with van der Waals surface area (Å²) < 4.78 is 12.1. The number of hydrogen-bond donors (Lipinski definition) is 0. The van der Waals surface area contributed by atoms with Crippen LogP contribution in [0.15, 0.2) is 144 Å². The maximum Gasteiger partial charge on any atom is 0.155 e. The molecule has 0 bridgehead atoms. The second-order valence-electron chi connectivity index (χ2n) is 16.6. The van der Waals surface area contributed by atoms with E-state index >= 15 is 0 Å². The van der Waals surface area contributed by atoms with Gasteiger partial charge in [-0.1, -0.05) is 120 Å². The van der Waals surface area contributed by atoms with Gasteiger partial charge in [-0.2, -0.15) is 0 Å². The van der Waals surface area contributed by atoms with E-state index in [9.17, 15) is 0 Å². The van der Waals surface area contributed by atoms with Gasteiger partial charge in [-0.25, -0.2) is 0 Å². The minimum absolute atomic E-state index is 0.0167. The molecule has 0 N–H and O–H groups in total. The Balaban J connectivity index is 1.36. The van der Waals surface area contributed by atoms with Crippen molar-refractivity contribution in [1.29, 1.82) is 0 Å². The van der Waals surface area contributed by atoms with E-state index in [0.717, 1.165) is 39.0 Å². The summed E-state index contributed by atoms with van der Waals surface area (Å²) in [5.74, 6) is 0. The third-order valence-corrected chi connectivity index (χ3v) is 13.3. The predicted molar refractivity (Wildman–Crippen MR) is 237 cm³/mol. The van der Waals surface area contributed by atoms with E-state index in [2.05, 4.69) is 186 Å². The van der Waals surface area contributed by atoms with Gasteiger partial charge in [0.15, 0.2) is 5.58 Å². The quantitative estimate of drug-likeness (QED) is 0.179. The summed E-state index contributed by atoms with van der Waals surface area (Å²) in [5.41, 5.74) is 10.3. The minimum Gasteiger partial charge on any atom is -0.454 e. The van der Waals surface area contributed by atoms with Crippen molar-refractivity contribution in [3.8, 4) is 11.1 Å². The van der Waals surface area contributed by atoms with Crippen LogP contribution < -0.4 is 4.90 Å². The van der Waals surface area contributed by atoms with Crippen LogP contribution in [0.1, 0.15) is 52.7 Å². The van der Waals surface area contributed by atoms with E-state index < -0.39 is 0 Å². The molecule has 0 saturated heterocycles. The first-order valence-corrected chi connectivity index (χ1v) is 20.4. The lowest BCUT2D eigenvalue weighted by atomic mass is 9.86. The highest BCUT2D eigenvalue weighted by molar-refractivity contribution is 7.26. The Morgan fingerprint density at radius 3 is 1.87 bits per heavy atom. The molecule has 0 saturated carbocycles. The Morgan fingerprint density at radius 1 is 0.463 bits per heavy atom. The zero-order valence-corrected chi connectivity index (χ0v) is 33.1. The molecule has 0 amide bonds. The van der Waals surface area contributed by atoms with Crippen LogP contribution in [0.3, 0.4) is 0 Å². The van der Waals surface area contributed by atoms with Crippen LogP contribution in [0.25, 0.3) is 73.4 Å². The number of benzene rings is 7. The summed E-state index contributed by atoms with van der Waals surface area (Å²) in [4.78, 5) is 2.51. The van der Waals surface area contributed by atoms with E-state index in [-0.39, 0.29) is 10.8 Å². The first kappa shape index (κ1) is 33.2. The molecular weight excluding hydrogens is 695 g/mol. The maximum absolute atomic E-state index is 7.03.